The fourth-order valence-corrected chi connectivity index (χ4v) is 4.05. The van der Waals surface area contributed by atoms with Gasteiger partial charge in [-0.2, -0.15) is 0 Å². The van der Waals surface area contributed by atoms with Gasteiger partial charge in [0.1, 0.15) is 12.5 Å². The largest absolute Gasteiger partial charge is 0.466 e. The third-order valence-electron chi connectivity index (χ3n) is 4.98. The van der Waals surface area contributed by atoms with Gasteiger partial charge in [-0.15, -0.1) is 0 Å². The topological polar surface area (TPSA) is 52.6 Å². The SMILES string of the molecule is CCOC(=O)CC(=O)OC1C2(C)CCC(C2)C1(C)C. The van der Waals surface area contributed by atoms with Crippen molar-refractivity contribution in [2.45, 2.75) is 59.5 Å². The predicted molar refractivity (Wildman–Crippen MR) is 70.4 cm³/mol. The zero-order valence-corrected chi connectivity index (χ0v) is 12.3. The summed E-state index contributed by atoms with van der Waals surface area (Å²) in [6.07, 6.45) is 3.09. The molecular weight excluding hydrogens is 244 g/mol. The number of carbonyl (C=O) groups is 2. The first-order valence-electron chi connectivity index (χ1n) is 7.14. The molecule has 0 aliphatic heterocycles. The Bertz CT molecular complexity index is 383. The van der Waals surface area contributed by atoms with Gasteiger partial charge in [0.05, 0.1) is 6.61 Å². The zero-order chi connectivity index (χ0) is 14.3. The van der Waals surface area contributed by atoms with E-state index in [4.69, 9.17) is 9.47 Å². The molecule has 2 fully saturated rings. The van der Waals surface area contributed by atoms with E-state index >= 15 is 0 Å². The van der Waals surface area contributed by atoms with Crippen LogP contribution in [0.5, 0.6) is 0 Å². The fraction of sp³-hybridized carbons (Fsp3) is 0.867. The molecule has 2 rings (SSSR count). The highest BCUT2D eigenvalue weighted by molar-refractivity contribution is 5.91. The highest BCUT2D eigenvalue weighted by Gasteiger charge is 2.61. The van der Waals surface area contributed by atoms with Crippen molar-refractivity contribution in [3.05, 3.63) is 0 Å². The second kappa shape index (κ2) is 4.80. The quantitative estimate of drug-likeness (QED) is 0.581. The average Bonchev–Trinajstić information content (AvgIpc) is 2.76. The van der Waals surface area contributed by atoms with Crippen LogP contribution >= 0.6 is 0 Å². The van der Waals surface area contributed by atoms with E-state index in [9.17, 15) is 9.59 Å². The van der Waals surface area contributed by atoms with Crippen LogP contribution in [0, 0.1) is 16.7 Å². The minimum atomic E-state index is -0.501. The third-order valence-corrected chi connectivity index (χ3v) is 4.98. The molecule has 3 atom stereocenters. The minimum absolute atomic E-state index is 0.0112. The molecule has 0 heterocycles. The molecule has 4 heteroatoms. The molecule has 0 amide bonds. The maximum atomic E-state index is 11.9. The van der Waals surface area contributed by atoms with Gasteiger partial charge >= 0.3 is 11.9 Å². The van der Waals surface area contributed by atoms with E-state index in [0.717, 1.165) is 12.8 Å². The molecule has 0 radical (unpaired) electrons. The van der Waals surface area contributed by atoms with Crippen LogP contribution < -0.4 is 0 Å². The molecule has 0 aromatic rings. The summed E-state index contributed by atoms with van der Waals surface area (Å²) in [6.45, 7) is 8.56. The summed E-state index contributed by atoms with van der Waals surface area (Å²) in [5, 5.41) is 0. The summed E-state index contributed by atoms with van der Waals surface area (Å²) in [7, 11) is 0. The first-order chi connectivity index (χ1) is 8.79. The summed E-state index contributed by atoms with van der Waals surface area (Å²) in [4.78, 5) is 23.2. The molecule has 4 nitrogen and oxygen atoms in total. The highest BCUT2D eigenvalue weighted by atomic mass is 16.6. The molecule has 0 spiro atoms. The van der Waals surface area contributed by atoms with Crippen molar-refractivity contribution < 1.29 is 19.1 Å². The van der Waals surface area contributed by atoms with E-state index in [1.54, 1.807) is 6.92 Å². The van der Waals surface area contributed by atoms with Gasteiger partial charge in [-0.05, 0) is 32.1 Å². The molecule has 2 saturated carbocycles. The lowest BCUT2D eigenvalue weighted by atomic mass is 9.70. The molecule has 2 aliphatic carbocycles. The van der Waals surface area contributed by atoms with E-state index in [-0.39, 0.29) is 23.4 Å². The van der Waals surface area contributed by atoms with E-state index < -0.39 is 11.9 Å². The van der Waals surface area contributed by atoms with Crippen LogP contribution in [0.15, 0.2) is 0 Å². The molecule has 108 valence electrons. The predicted octanol–water partition coefficient (Wildman–Crippen LogP) is 2.70. The van der Waals surface area contributed by atoms with Crippen molar-refractivity contribution in [3.8, 4) is 0 Å². The average molecular weight is 268 g/mol. The van der Waals surface area contributed by atoms with Gasteiger partial charge in [0, 0.05) is 10.8 Å². The normalized spacial score (nSPS) is 35.2. The lowest BCUT2D eigenvalue weighted by Gasteiger charge is -2.41. The number of hydrogen-bond acceptors (Lipinski definition) is 4. The molecule has 0 aromatic carbocycles. The summed E-state index contributed by atoms with van der Waals surface area (Å²) in [5.41, 5.74) is 0.0931. The van der Waals surface area contributed by atoms with E-state index in [0.29, 0.717) is 12.5 Å². The van der Waals surface area contributed by atoms with Crippen LogP contribution in [0.1, 0.15) is 53.4 Å². The van der Waals surface area contributed by atoms with Gasteiger partial charge in [0.25, 0.3) is 0 Å². The monoisotopic (exact) mass is 268 g/mol. The van der Waals surface area contributed by atoms with Crippen LogP contribution in [-0.2, 0) is 19.1 Å². The number of hydrogen-bond donors (Lipinski definition) is 0. The molecule has 0 saturated heterocycles. The van der Waals surface area contributed by atoms with Crippen molar-refractivity contribution >= 4 is 11.9 Å². The van der Waals surface area contributed by atoms with Crippen LogP contribution in [0.3, 0.4) is 0 Å². The van der Waals surface area contributed by atoms with Gasteiger partial charge in [-0.3, -0.25) is 9.59 Å². The van der Waals surface area contributed by atoms with E-state index in [2.05, 4.69) is 20.8 Å². The molecule has 3 unspecified atom stereocenters. The zero-order valence-electron chi connectivity index (χ0n) is 12.3. The second-order valence-corrected chi connectivity index (χ2v) is 6.77. The summed E-state index contributed by atoms with van der Waals surface area (Å²) < 4.78 is 10.4. The molecule has 2 bridgehead atoms. The van der Waals surface area contributed by atoms with Gasteiger partial charge in [0.2, 0.25) is 0 Å². The molecule has 2 aliphatic rings. The van der Waals surface area contributed by atoms with Crippen molar-refractivity contribution in [2.24, 2.45) is 16.7 Å². The number of ether oxygens (including phenoxy) is 2. The number of rotatable bonds is 4. The van der Waals surface area contributed by atoms with Crippen molar-refractivity contribution in [1.82, 2.24) is 0 Å². The molecule has 0 N–H and O–H groups in total. The van der Waals surface area contributed by atoms with Gasteiger partial charge in [-0.1, -0.05) is 20.8 Å². The Morgan fingerprint density at radius 3 is 2.42 bits per heavy atom. The first kappa shape index (κ1) is 14.4. The Morgan fingerprint density at radius 1 is 1.21 bits per heavy atom. The number of esters is 2. The van der Waals surface area contributed by atoms with Gasteiger partial charge in [0.15, 0.2) is 0 Å². The standard InChI is InChI=1S/C15H24O4/c1-5-18-11(16)8-12(17)19-13-14(2,3)10-6-7-15(13,4)9-10/h10,13H,5-9H2,1-4H3. The highest BCUT2D eigenvalue weighted by Crippen LogP contribution is 2.63. The number of fused-ring (bicyclic) bond motifs is 2. The molecule has 19 heavy (non-hydrogen) atoms. The van der Waals surface area contributed by atoms with E-state index in [1.807, 2.05) is 0 Å². The summed E-state index contributed by atoms with van der Waals surface area (Å²) >= 11 is 0. The van der Waals surface area contributed by atoms with Crippen LogP contribution in [0.2, 0.25) is 0 Å². The van der Waals surface area contributed by atoms with Crippen LogP contribution in [0.4, 0.5) is 0 Å². The lowest BCUT2D eigenvalue weighted by molar-refractivity contribution is -0.169. The Hall–Kier alpha value is -1.06. The number of carbonyl (C=O) groups excluding carboxylic acids is 2. The van der Waals surface area contributed by atoms with Crippen LogP contribution in [0.25, 0.3) is 0 Å². The second-order valence-electron chi connectivity index (χ2n) is 6.77. The fourth-order valence-electron chi connectivity index (χ4n) is 4.05. The van der Waals surface area contributed by atoms with Crippen molar-refractivity contribution in [3.63, 3.8) is 0 Å². The smallest absolute Gasteiger partial charge is 0.317 e. The first-order valence-corrected chi connectivity index (χ1v) is 7.14. The maximum Gasteiger partial charge on any atom is 0.317 e. The Kier molecular flexibility index (Phi) is 3.63. The Balaban J connectivity index is 1.99. The Morgan fingerprint density at radius 2 is 1.89 bits per heavy atom. The van der Waals surface area contributed by atoms with Crippen molar-refractivity contribution in [2.75, 3.05) is 6.61 Å². The van der Waals surface area contributed by atoms with Crippen LogP contribution in [-0.4, -0.2) is 24.6 Å². The van der Waals surface area contributed by atoms with Gasteiger partial charge < -0.3 is 9.47 Å². The minimum Gasteiger partial charge on any atom is -0.466 e. The van der Waals surface area contributed by atoms with Gasteiger partial charge in [-0.25, -0.2) is 0 Å². The third kappa shape index (κ3) is 2.49. The lowest BCUT2D eigenvalue weighted by Crippen LogP contribution is -2.43. The molecular formula is C15H24O4. The molecule has 0 aromatic heterocycles. The summed E-state index contributed by atoms with van der Waals surface area (Å²) in [5.74, 6) is -0.332. The van der Waals surface area contributed by atoms with E-state index in [1.165, 1.54) is 6.42 Å². The summed E-state index contributed by atoms with van der Waals surface area (Å²) in [6, 6.07) is 0. The Labute approximate surface area is 114 Å². The maximum absolute atomic E-state index is 11.9. The van der Waals surface area contributed by atoms with Crippen molar-refractivity contribution in [1.29, 1.82) is 0 Å².